The van der Waals surface area contributed by atoms with Gasteiger partial charge in [-0.3, -0.25) is 4.79 Å². The Bertz CT molecular complexity index is 664. The minimum absolute atomic E-state index is 0.0341. The molecule has 0 unspecified atom stereocenters. The van der Waals surface area contributed by atoms with Crippen molar-refractivity contribution in [1.29, 1.82) is 0 Å². The van der Waals surface area contributed by atoms with Crippen molar-refractivity contribution in [3.05, 3.63) is 50.4 Å². The first-order valence-electron chi connectivity index (χ1n) is 6.19. The van der Waals surface area contributed by atoms with Gasteiger partial charge in [-0.15, -0.1) is 11.3 Å². The van der Waals surface area contributed by atoms with Crippen molar-refractivity contribution in [3.63, 3.8) is 0 Å². The number of nitrogens with one attached hydrogen (secondary N) is 1. The number of nitrogens with zero attached hydrogens (tertiary/aromatic N) is 1. The van der Waals surface area contributed by atoms with Crippen LogP contribution in [0.15, 0.2) is 23.6 Å². The highest BCUT2D eigenvalue weighted by atomic mass is 35.5. The number of aromatic carboxylic acids is 1. The van der Waals surface area contributed by atoms with Gasteiger partial charge in [-0.2, -0.15) is 0 Å². The maximum atomic E-state index is 12.0. The third-order valence-electron chi connectivity index (χ3n) is 2.70. The van der Waals surface area contributed by atoms with Gasteiger partial charge in [-0.05, 0) is 30.7 Å². The topological polar surface area (TPSA) is 79.3 Å². The molecule has 2 N–H and O–H groups in total. The molecule has 5 nitrogen and oxygen atoms in total. The maximum Gasteiger partial charge on any atom is 0.355 e. The molecule has 0 atom stereocenters. The summed E-state index contributed by atoms with van der Waals surface area (Å²) in [6.45, 7) is 2.25. The summed E-state index contributed by atoms with van der Waals surface area (Å²) >= 11 is 7.18. The Balaban J connectivity index is 1.90. The largest absolute Gasteiger partial charge is 0.476 e. The predicted molar refractivity (Wildman–Crippen MR) is 81.3 cm³/mol. The average molecular weight is 325 g/mol. The summed E-state index contributed by atoms with van der Waals surface area (Å²) in [5.74, 6) is -1.26. The lowest BCUT2D eigenvalue weighted by molar-refractivity contribution is 0.0690. The number of thiazole rings is 1. The van der Waals surface area contributed by atoms with Crippen molar-refractivity contribution < 1.29 is 14.7 Å². The van der Waals surface area contributed by atoms with E-state index in [9.17, 15) is 9.59 Å². The lowest BCUT2D eigenvalue weighted by atomic mass is 10.1. The molecule has 7 heteroatoms. The van der Waals surface area contributed by atoms with Gasteiger partial charge in [0.15, 0.2) is 5.69 Å². The number of carbonyl (C=O) groups excluding carboxylic acids is 1. The molecule has 1 aromatic carbocycles. The van der Waals surface area contributed by atoms with E-state index in [-0.39, 0.29) is 11.6 Å². The molecule has 0 saturated carbocycles. The standard InChI is InChI=1S/C14H13ClN2O3S/c1-8-4-9(6-10(15)5-8)13(18)16-3-2-12-17-11(7-21-12)14(19)20/h4-7H,2-3H2,1H3,(H,16,18)(H,19,20). The Morgan fingerprint density at radius 2 is 2.14 bits per heavy atom. The van der Waals surface area contributed by atoms with Crippen LogP contribution < -0.4 is 5.32 Å². The van der Waals surface area contributed by atoms with Gasteiger partial charge in [0.2, 0.25) is 0 Å². The fourth-order valence-corrected chi connectivity index (χ4v) is 2.84. The first kappa shape index (κ1) is 15.5. The van der Waals surface area contributed by atoms with Crippen LogP contribution in [0.4, 0.5) is 0 Å². The summed E-state index contributed by atoms with van der Waals surface area (Å²) in [5.41, 5.74) is 1.45. The van der Waals surface area contributed by atoms with Gasteiger partial charge in [-0.25, -0.2) is 9.78 Å². The Morgan fingerprint density at radius 3 is 2.76 bits per heavy atom. The lowest BCUT2D eigenvalue weighted by Gasteiger charge is -2.05. The number of aromatic nitrogens is 1. The first-order valence-corrected chi connectivity index (χ1v) is 7.44. The normalized spacial score (nSPS) is 10.4. The lowest BCUT2D eigenvalue weighted by Crippen LogP contribution is -2.25. The molecule has 0 spiro atoms. The number of hydrogen-bond acceptors (Lipinski definition) is 4. The zero-order valence-electron chi connectivity index (χ0n) is 11.2. The van der Waals surface area contributed by atoms with E-state index >= 15 is 0 Å². The molecular weight excluding hydrogens is 312 g/mol. The molecule has 110 valence electrons. The van der Waals surface area contributed by atoms with Crippen molar-refractivity contribution in [2.24, 2.45) is 0 Å². The van der Waals surface area contributed by atoms with Crippen LogP contribution in [-0.4, -0.2) is 28.5 Å². The quantitative estimate of drug-likeness (QED) is 0.886. The number of rotatable bonds is 5. The fraction of sp³-hybridized carbons (Fsp3) is 0.214. The Morgan fingerprint density at radius 1 is 1.38 bits per heavy atom. The molecule has 1 aromatic heterocycles. The molecule has 1 heterocycles. The van der Waals surface area contributed by atoms with Crippen molar-refractivity contribution in [3.8, 4) is 0 Å². The van der Waals surface area contributed by atoms with E-state index in [0.717, 1.165) is 5.56 Å². The second-order valence-electron chi connectivity index (χ2n) is 4.45. The zero-order chi connectivity index (χ0) is 15.4. The molecule has 0 bridgehead atoms. The maximum absolute atomic E-state index is 12.0. The number of carboxylic acid groups (broad SMARTS) is 1. The van der Waals surface area contributed by atoms with Crippen molar-refractivity contribution >= 4 is 34.8 Å². The van der Waals surface area contributed by atoms with Gasteiger partial charge in [-0.1, -0.05) is 11.6 Å². The predicted octanol–water partition coefficient (Wildman–Crippen LogP) is 2.78. The second-order valence-corrected chi connectivity index (χ2v) is 5.83. The van der Waals surface area contributed by atoms with Crippen LogP contribution in [0.25, 0.3) is 0 Å². The molecule has 2 rings (SSSR count). The number of halogens is 1. The zero-order valence-corrected chi connectivity index (χ0v) is 12.8. The summed E-state index contributed by atoms with van der Waals surface area (Å²) in [6, 6.07) is 5.14. The smallest absolute Gasteiger partial charge is 0.355 e. The third-order valence-corrected chi connectivity index (χ3v) is 3.83. The van der Waals surface area contributed by atoms with Gasteiger partial charge in [0.1, 0.15) is 0 Å². The minimum Gasteiger partial charge on any atom is -0.476 e. The van der Waals surface area contributed by atoms with Crippen LogP contribution in [0.2, 0.25) is 5.02 Å². The molecule has 1 amide bonds. The molecule has 0 aliphatic heterocycles. The van der Waals surface area contributed by atoms with Gasteiger partial charge in [0.25, 0.3) is 5.91 Å². The summed E-state index contributed by atoms with van der Waals surface area (Å²) in [5, 5.41) is 14.2. The second kappa shape index (κ2) is 6.69. The highest BCUT2D eigenvalue weighted by molar-refractivity contribution is 7.09. The molecule has 0 aliphatic rings. The van der Waals surface area contributed by atoms with Crippen LogP contribution in [0.3, 0.4) is 0 Å². The number of benzene rings is 1. The Labute approximate surface area is 130 Å². The van der Waals surface area contributed by atoms with E-state index in [1.165, 1.54) is 16.7 Å². The van der Waals surface area contributed by atoms with Gasteiger partial charge in [0, 0.05) is 28.9 Å². The SMILES string of the molecule is Cc1cc(Cl)cc(C(=O)NCCc2nc(C(=O)O)cs2)c1. The molecular formula is C14H13ClN2O3S. The Kier molecular flexibility index (Phi) is 4.93. The molecule has 21 heavy (non-hydrogen) atoms. The van der Waals surface area contributed by atoms with Crippen LogP contribution in [0.5, 0.6) is 0 Å². The molecule has 0 fully saturated rings. The molecule has 0 saturated heterocycles. The summed E-state index contributed by atoms with van der Waals surface area (Å²) in [7, 11) is 0. The van der Waals surface area contributed by atoms with Gasteiger partial charge >= 0.3 is 5.97 Å². The highest BCUT2D eigenvalue weighted by Gasteiger charge is 2.10. The van der Waals surface area contributed by atoms with Crippen molar-refractivity contribution in [1.82, 2.24) is 10.3 Å². The number of carboxylic acids is 1. The minimum atomic E-state index is -1.05. The number of aryl methyl sites for hydroxylation is 1. The number of carbonyl (C=O) groups is 2. The van der Waals surface area contributed by atoms with Crippen molar-refractivity contribution in [2.45, 2.75) is 13.3 Å². The Hall–Kier alpha value is -1.92. The van der Waals surface area contributed by atoms with Crippen molar-refractivity contribution in [2.75, 3.05) is 6.54 Å². The van der Waals surface area contributed by atoms with Crippen LogP contribution >= 0.6 is 22.9 Å². The number of hydrogen-bond donors (Lipinski definition) is 2. The van der Waals surface area contributed by atoms with E-state index in [1.54, 1.807) is 18.2 Å². The summed E-state index contributed by atoms with van der Waals surface area (Å²) in [6.07, 6.45) is 0.489. The van der Waals surface area contributed by atoms with E-state index in [0.29, 0.717) is 28.6 Å². The summed E-state index contributed by atoms with van der Waals surface area (Å²) in [4.78, 5) is 26.6. The van der Waals surface area contributed by atoms with Crippen LogP contribution in [0, 0.1) is 6.92 Å². The average Bonchev–Trinajstić information content (AvgIpc) is 2.86. The monoisotopic (exact) mass is 324 g/mol. The third kappa shape index (κ3) is 4.27. The first-order chi connectivity index (χ1) is 9.95. The van der Waals surface area contributed by atoms with Gasteiger partial charge in [0.05, 0.1) is 5.01 Å². The van der Waals surface area contributed by atoms with Crippen LogP contribution in [0.1, 0.15) is 31.4 Å². The molecule has 0 radical (unpaired) electrons. The van der Waals surface area contributed by atoms with E-state index in [2.05, 4.69) is 10.3 Å². The highest BCUT2D eigenvalue weighted by Crippen LogP contribution is 2.14. The van der Waals surface area contributed by atoms with Crippen LogP contribution in [-0.2, 0) is 6.42 Å². The van der Waals surface area contributed by atoms with Gasteiger partial charge < -0.3 is 10.4 Å². The summed E-state index contributed by atoms with van der Waals surface area (Å²) < 4.78 is 0. The van der Waals surface area contributed by atoms with E-state index < -0.39 is 5.97 Å². The van der Waals surface area contributed by atoms with E-state index in [1.807, 2.05) is 6.92 Å². The van der Waals surface area contributed by atoms with E-state index in [4.69, 9.17) is 16.7 Å². The molecule has 2 aromatic rings. The number of amides is 1. The fourth-order valence-electron chi connectivity index (χ4n) is 1.78. The molecule has 0 aliphatic carbocycles.